The van der Waals surface area contributed by atoms with Crippen LogP contribution in [0, 0.1) is 6.92 Å². The fourth-order valence-corrected chi connectivity index (χ4v) is 1.90. The summed E-state index contributed by atoms with van der Waals surface area (Å²) >= 11 is 0. The van der Waals surface area contributed by atoms with Crippen LogP contribution in [-0.2, 0) is 5.41 Å². The van der Waals surface area contributed by atoms with E-state index in [4.69, 9.17) is 5.73 Å². The second kappa shape index (κ2) is 3.69. The highest BCUT2D eigenvalue weighted by Gasteiger charge is 2.43. The van der Waals surface area contributed by atoms with Gasteiger partial charge in [-0.1, -0.05) is 24.3 Å². The zero-order valence-electron chi connectivity index (χ0n) is 7.92. The summed E-state index contributed by atoms with van der Waals surface area (Å²) in [6.07, 6.45) is 2.54. The predicted octanol–water partition coefficient (Wildman–Crippen LogP) is 2.41. The Morgan fingerprint density at radius 3 is 2.38 bits per heavy atom. The third kappa shape index (κ3) is 1.72. The van der Waals surface area contributed by atoms with Crippen molar-refractivity contribution in [2.24, 2.45) is 5.73 Å². The van der Waals surface area contributed by atoms with Gasteiger partial charge in [0.05, 0.1) is 0 Å². The molecule has 0 aliphatic heterocycles. The third-order valence-corrected chi connectivity index (χ3v) is 2.96. The van der Waals surface area contributed by atoms with Gasteiger partial charge in [0.2, 0.25) is 0 Å². The molecule has 0 atom stereocenters. The average Bonchev–Trinajstić information content (AvgIpc) is 2.86. The Morgan fingerprint density at radius 1 is 1.31 bits per heavy atom. The van der Waals surface area contributed by atoms with Crippen molar-refractivity contribution in [3.63, 3.8) is 0 Å². The molecule has 0 spiro atoms. The summed E-state index contributed by atoms with van der Waals surface area (Å²) in [5.74, 6) is 0. The van der Waals surface area contributed by atoms with E-state index in [2.05, 4.69) is 31.2 Å². The molecular formula is C11H16ClN. The molecule has 1 aliphatic rings. The molecule has 0 unspecified atom stereocenters. The first-order valence-corrected chi connectivity index (χ1v) is 4.55. The summed E-state index contributed by atoms with van der Waals surface area (Å²) in [7, 11) is 0. The Balaban J connectivity index is 0.000000845. The molecule has 1 nitrogen and oxygen atoms in total. The second-order valence-electron chi connectivity index (χ2n) is 3.80. The number of rotatable bonds is 2. The fraction of sp³-hybridized carbons (Fsp3) is 0.455. The molecule has 72 valence electrons. The van der Waals surface area contributed by atoms with Crippen LogP contribution in [0.2, 0.25) is 0 Å². The molecule has 13 heavy (non-hydrogen) atoms. The van der Waals surface area contributed by atoms with Crippen LogP contribution in [-0.4, -0.2) is 6.54 Å². The van der Waals surface area contributed by atoms with Crippen LogP contribution >= 0.6 is 12.4 Å². The van der Waals surface area contributed by atoms with Crippen molar-refractivity contribution in [2.45, 2.75) is 25.2 Å². The minimum absolute atomic E-state index is 0. The van der Waals surface area contributed by atoms with E-state index in [0.717, 1.165) is 6.54 Å². The molecule has 1 saturated carbocycles. The van der Waals surface area contributed by atoms with Gasteiger partial charge in [0, 0.05) is 12.0 Å². The van der Waals surface area contributed by atoms with Crippen LogP contribution in [0.1, 0.15) is 24.0 Å². The van der Waals surface area contributed by atoms with E-state index in [1.54, 1.807) is 0 Å². The van der Waals surface area contributed by atoms with Gasteiger partial charge in [0.1, 0.15) is 0 Å². The van der Waals surface area contributed by atoms with Crippen molar-refractivity contribution >= 4 is 12.4 Å². The molecule has 0 saturated heterocycles. The van der Waals surface area contributed by atoms with Crippen molar-refractivity contribution in [2.75, 3.05) is 6.54 Å². The van der Waals surface area contributed by atoms with E-state index in [1.807, 2.05) is 0 Å². The lowest BCUT2D eigenvalue weighted by Gasteiger charge is -2.15. The van der Waals surface area contributed by atoms with Gasteiger partial charge < -0.3 is 5.73 Å². The van der Waals surface area contributed by atoms with Crippen LogP contribution in [0.5, 0.6) is 0 Å². The van der Waals surface area contributed by atoms with Crippen molar-refractivity contribution in [3.8, 4) is 0 Å². The molecule has 0 heterocycles. The smallest absolute Gasteiger partial charge is 0.00788 e. The van der Waals surface area contributed by atoms with E-state index < -0.39 is 0 Å². The van der Waals surface area contributed by atoms with Gasteiger partial charge in [-0.3, -0.25) is 0 Å². The van der Waals surface area contributed by atoms with Gasteiger partial charge in [-0.15, -0.1) is 12.4 Å². The molecule has 0 bridgehead atoms. The van der Waals surface area contributed by atoms with E-state index in [9.17, 15) is 0 Å². The molecule has 2 N–H and O–H groups in total. The van der Waals surface area contributed by atoms with Crippen LogP contribution in [0.4, 0.5) is 0 Å². The summed E-state index contributed by atoms with van der Waals surface area (Å²) in [5, 5.41) is 0. The lowest BCUT2D eigenvalue weighted by Crippen LogP contribution is -2.20. The van der Waals surface area contributed by atoms with Gasteiger partial charge >= 0.3 is 0 Å². The summed E-state index contributed by atoms with van der Waals surface area (Å²) in [4.78, 5) is 0. The molecule has 1 fully saturated rings. The molecule has 1 aromatic carbocycles. The minimum Gasteiger partial charge on any atom is -0.330 e. The molecule has 2 heteroatoms. The van der Waals surface area contributed by atoms with E-state index in [0.29, 0.717) is 5.41 Å². The standard InChI is InChI=1S/C11H15N.ClH/c1-9-4-2-3-5-10(9)11(8-12)6-7-11;/h2-5H,6-8,12H2,1H3;1H. The topological polar surface area (TPSA) is 26.0 Å². The molecule has 2 rings (SSSR count). The highest BCUT2D eigenvalue weighted by atomic mass is 35.5. The van der Waals surface area contributed by atoms with Crippen molar-refractivity contribution < 1.29 is 0 Å². The summed E-state index contributed by atoms with van der Waals surface area (Å²) in [6.45, 7) is 2.98. The monoisotopic (exact) mass is 197 g/mol. The van der Waals surface area contributed by atoms with Crippen LogP contribution in [0.15, 0.2) is 24.3 Å². The van der Waals surface area contributed by atoms with Gasteiger partial charge in [0.15, 0.2) is 0 Å². The Bertz CT molecular complexity index is 292. The van der Waals surface area contributed by atoms with Crippen molar-refractivity contribution in [1.82, 2.24) is 0 Å². The van der Waals surface area contributed by atoms with E-state index in [1.165, 1.54) is 24.0 Å². The zero-order valence-corrected chi connectivity index (χ0v) is 8.73. The highest BCUT2D eigenvalue weighted by Crippen LogP contribution is 2.48. The summed E-state index contributed by atoms with van der Waals surface area (Å²) in [5.41, 5.74) is 8.98. The molecule has 1 aromatic rings. The van der Waals surface area contributed by atoms with Crippen LogP contribution in [0.25, 0.3) is 0 Å². The average molecular weight is 198 g/mol. The van der Waals surface area contributed by atoms with Crippen LogP contribution < -0.4 is 5.73 Å². The van der Waals surface area contributed by atoms with Gasteiger partial charge in [-0.25, -0.2) is 0 Å². The molecule has 0 amide bonds. The third-order valence-electron chi connectivity index (χ3n) is 2.96. The Labute approximate surface area is 85.7 Å². The first kappa shape index (κ1) is 10.6. The number of aryl methyl sites for hydroxylation is 1. The minimum atomic E-state index is 0. The lowest BCUT2D eigenvalue weighted by atomic mass is 9.92. The summed E-state index contributed by atoms with van der Waals surface area (Å²) in [6, 6.07) is 8.59. The lowest BCUT2D eigenvalue weighted by molar-refractivity contribution is 0.699. The number of benzene rings is 1. The highest BCUT2D eigenvalue weighted by molar-refractivity contribution is 5.85. The van der Waals surface area contributed by atoms with Gasteiger partial charge in [-0.2, -0.15) is 0 Å². The number of nitrogens with two attached hydrogens (primary N) is 1. The Kier molecular flexibility index (Phi) is 2.99. The maximum atomic E-state index is 5.77. The number of halogens is 1. The first-order valence-electron chi connectivity index (χ1n) is 4.55. The molecular weight excluding hydrogens is 182 g/mol. The predicted molar refractivity (Wildman–Crippen MR) is 58.4 cm³/mol. The molecule has 0 radical (unpaired) electrons. The molecule has 1 aliphatic carbocycles. The van der Waals surface area contributed by atoms with Gasteiger partial charge in [-0.05, 0) is 30.9 Å². The summed E-state index contributed by atoms with van der Waals surface area (Å²) < 4.78 is 0. The Morgan fingerprint density at radius 2 is 1.92 bits per heavy atom. The quantitative estimate of drug-likeness (QED) is 0.775. The van der Waals surface area contributed by atoms with Crippen molar-refractivity contribution in [1.29, 1.82) is 0 Å². The molecule has 0 aromatic heterocycles. The number of hydrogen-bond donors (Lipinski definition) is 1. The maximum absolute atomic E-state index is 5.77. The van der Waals surface area contributed by atoms with E-state index in [-0.39, 0.29) is 12.4 Å². The maximum Gasteiger partial charge on any atom is 0.00788 e. The fourth-order valence-electron chi connectivity index (χ4n) is 1.90. The number of hydrogen-bond acceptors (Lipinski definition) is 1. The van der Waals surface area contributed by atoms with Crippen LogP contribution in [0.3, 0.4) is 0 Å². The SMILES string of the molecule is Cc1ccccc1C1(CN)CC1.Cl. The van der Waals surface area contributed by atoms with E-state index >= 15 is 0 Å². The normalized spacial score (nSPS) is 17.7. The zero-order chi connectivity index (χ0) is 8.60. The largest absolute Gasteiger partial charge is 0.330 e. The van der Waals surface area contributed by atoms with Crippen molar-refractivity contribution in [3.05, 3.63) is 35.4 Å². The second-order valence-corrected chi connectivity index (χ2v) is 3.80. The Hall–Kier alpha value is -0.530. The first-order chi connectivity index (χ1) is 5.78. The van der Waals surface area contributed by atoms with Gasteiger partial charge in [0.25, 0.3) is 0 Å².